The van der Waals surface area contributed by atoms with Crippen LogP contribution in [0.4, 0.5) is 11.4 Å². The number of unbranched alkanes of at least 4 members (excludes halogenated alkanes) is 2. The van der Waals surface area contributed by atoms with Crippen LogP contribution in [0.2, 0.25) is 0 Å². The molecule has 6 aromatic rings. The number of hydroxylamine groups is 1. The van der Waals surface area contributed by atoms with Gasteiger partial charge in [0.05, 0.1) is 75.8 Å². The van der Waals surface area contributed by atoms with Crippen LogP contribution >= 0.6 is 0 Å². The van der Waals surface area contributed by atoms with Crippen LogP contribution in [-0.2, 0) is 57.7 Å². The third-order valence-electron chi connectivity index (χ3n) is 15.3. The summed E-state index contributed by atoms with van der Waals surface area (Å²) < 4.78 is 54.8. The number of nitrogens with one attached hydrogen (secondary N) is 2. The molecule has 1 atom stereocenters. The van der Waals surface area contributed by atoms with Gasteiger partial charge in [0.15, 0.2) is 5.71 Å². The Hall–Kier alpha value is -7.06. The molecule has 2 amide bonds. The Morgan fingerprint density at radius 3 is 2.10 bits per heavy atom. The molecule has 3 N–H and O–H groups in total. The van der Waals surface area contributed by atoms with Crippen LogP contribution in [0.25, 0.3) is 21.5 Å². The van der Waals surface area contributed by atoms with Crippen molar-refractivity contribution in [3.8, 4) is 5.75 Å². The molecule has 8 rings (SSSR count). The first-order chi connectivity index (χ1) is 39.0. The van der Waals surface area contributed by atoms with Gasteiger partial charge in [0.25, 0.3) is 5.91 Å². The smallest absolute Gasteiger partial charge is 0.262 e. The predicted octanol–water partition coefficient (Wildman–Crippen LogP) is 9.54. The number of amides is 2. The zero-order valence-corrected chi connectivity index (χ0v) is 48.9. The molecular formula is C63H79N8O9S+. The fraction of sp³-hybridized carbons (Fsp3) is 0.413. The first-order valence-electron chi connectivity index (χ1n) is 28.0. The maximum Gasteiger partial charge on any atom is 0.262 e. The molecule has 18 heteroatoms. The van der Waals surface area contributed by atoms with E-state index < -0.39 is 27.9 Å². The topological polar surface area (TPSA) is 190 Å². The molecule has 0 spiro atoms. The normalized spacial score (nSPS) is 15.7. The van der Waals surface area contributed by atoms with Crippen molar-refractivity contribution in [3.63, 3.8) is 0 Å². The second-order valence-electron chi connectivity index (χ2n) is 21.9. The van der Waals surface area contributed by atoms with Gasteiger partial charge in [0.1, 0.15) is 18.8 Å². The standard InChI is InChI=1S/C63H78N8O9S/c1-45(2)60(61(73)66-74)71(81(75,76)50-30-28-49(77-8)29-31-50)44-48-43-69(67-65-48)36-38-79-40-42-80-41-39-78-37-34-64-57(72)25-13-10-18-35-70-54-33-27-47-20-15-17-22-52(47)59(54)63(5,6)56(70)24-12-9-11-23-55-62(3,4)58-51-21-16-14-19-46(51)26-32-53(58)68(55)7/h9,11-12,14-17,19-24,26-33,43,45,60H,10,13,18,25,34-42,44H2,1-8H3,(H2-,64,65,66,67,72,73,74)/p+1/t60-/m1/s1. The van der Waals surface area contributed by atoms with Crippen molar-refractivity contribution >= 4 is 60.5 Å². The molecule has 17 nitrogen and oxygen atoms in total. The van der Waals surface area contributed by atoms with Gasteiger partial charge < -0.3 is 29.2 Å². The predicted molar refractivity (Wildman–Crippen MR) is 317 cm³/mol. The number of nitrogens with zero attached hydrogens (tertiary/aromatic N) is 6. The lowest BCUT2D eigenvalue weighted by Gasteiger charge is -2.31. The second-order valence-corrected chi connectivity index (χ2v) is 23.8. The third kappa shape index (κ3) is 13.8. The molecule has 0 radical (unpaired) electrons. The Labute approximate surface area is 476 Å². The Kier molecular flexibility index (Phi) is 20.1. The molecule has 0 fully saturated rings. The van der Waals surface area contributed by atoms with E-state index in [0.29, 0.717) is 70.6 Å². The van der Waals surface area contributed by atoms with Crippen molar-refractivity contribution in [2.24, 2.45) is 5.92 Å². The maximum absolute atomic E-state index is 13.9. The van der Waals surface area contributed by atoms with E-state index in [1.165, 1.54) is 91.5 Å². The average Bonchev–Trinajstić information content (AvgIpc) is 4.17. The van der Waals surface area contributed by atoms with Crippen molar-refractivity contribution in [1.82, 2.24) is 30.1 Å². The van der Waals surface area contributed by atoms with Crippen molar-refractivity contribution in [1.29, 1.82) is 0 Å². The summed E-state index contributed by atoms with van der Waals surface area (Å²) in [6.07, 6.45) is 15.7. The summed E-state index contributed by atoms with van der Waals surface area (Å²) in [6.45, 7) is 16.1. The number of anilines is 1. The lowest BCUT2D eigenvalue weighted by Crippen LogP contribution is -2.51. The van der Waals surface area contributed by atoms with E-state index in [0.717, 1.165) is 30.1 Å². The number of fused-ring (bicyclic) bond motifs is 6. The van der Waals surface area contributed by atoms with E-state index in [2.05, 4.69) is 163 Å². The van der Waals surface area contributed by atoms with E-state index in [4.69, 9.17) is 18.9 Å². The first kappa shape index (κ1) is 60.0. The summed E-state index contributed by atoms with van der Waals surface area (Å²) in [5.74, 6) is -0.876. The highest BCUT2D eigenvalue weighted by Crippen LogP contribution is 2.51. The molecule has 0 bridgehead atoms. The van der Waals surface area contributed by atoms with Crippen LogP contribution in [0.5, 0.6) is 5.75 Å². The summed E-state index contributed by atoms with van der Waals surface area (Å²) in [7, 11) is -0.589. The number of carbonyl (C=O) groups excluding carboxylic acids is 2. The van der Waals surface area contributed by atoms with Gasteiger partial charge >= 0.3 is 0 Å². The number of methoxy groups -OCH3 is 1. The average molecular weight is 1120 g/mol. The molecule has 0 aliphatic carbocycles. The largest absolute Gasteiger partial charge is 0.497 e. The number of aromatic nitrogens is 3. The Bertz CT molecular complexity index is 3400. The van der Waals surface area contributed by atoms with Gasteiger partial charge in [-0.2, -0.15) is 8.88 Å². The molecule has 5 aromatic carbocycles. The number of hydrogen-bond donors (Lipinski definition) is 3. The summed E-state index contributed by atoms with van der Waals surface area (Å²) in [6, 6.07) is 30.9. The molecule has 0 saturated carbocycles. The van der Waals surface area contributed by atoms with Crippen LogP contribution in [0.15, 0.2) is 144 Å². The number of carbonyl (C=O) groups is 2. The molecule has 3 heterocycles. The molecule has 2 aliphatic rings. The minimum Gasteiger partial charge on any atom is -0.497 e. The van der Waals surface area contributed by atoms with E-state index in [1.807, 2.05) is 0 Å². The van der Waals surface area contributed by atoms with Crippen molar-refractivity contribution in [2.75, 3.05) is 71.8 Å². The number of rotatable bonds is 29. The zero-order valence-electron chi connectivity index (χ0n) is 48.1. The maximum atomic E-state index is 13.9. The summed E-state index contributed by atoms with van der Waals surface area (Å²) in [4.78, 5) is 28.0. The van der Waals surface area contributed by atoms with Crippen LogP contribution < -0.4 is 20.4 Å². The Balaban J connectivity index is 0.722. The first-order valence-corrected chi connectivity index (χ1v) is 29.4. The van der Waals surface area contributed by atoms with Crippen molar-refractivity contribution in [3.05, 3.63) is 156 Å². The summed E-state index contributed by atoms with van der Waals surface area (Å²) in [5.41, 5.74) is 9.28. The van der Waals surface area contributed by atoms with Gasteiger partial charge in [-0.3, -0.25) is 14.8 Å². The monoisotopic (exact) mass is 1120 g/mol. The SMILES string of the molecule is COc1ccc(S(=O)(=O)N(Cc2cn(CCOCCOCCOCCNC(=O)CCCCCN3/C(=C/C=C/C=C/C4=[N+](C)c5ccc6ccccc6c5C4(C)C)C(C)(C)c4c3ccc3ccccc43)nn2)[C@@H](C(=O)NO)C(C)C)cc1. The van der Waals surface area contributed by atoms with E-state index in [1.54, 1.807) is 25.5 Å². The van der Waals surface area contributed by atoms with Gasteiger partial charge in [0.2, 0.25) is 21.6 Å². The number of hydrogen-bond acceptors (Lipinski definition) is 12. The molecule has 1 aromatic heterocycles. The lowest BCUT2D eigenvalue weighted by molar-refractivity contribution is -0.401. The van der Waals surface area contributed by atoms with Gasteiger partial charge in [-0.25, -0.2) is 18.6 Å². The number of allylic oxidation sites excluding steroid dienone is 6. The minimum absolute atomic E-state index is 0.0149. The van der Waals surface area contributed by atoms with Gasteiger partial charge in [-0.1, -0.05) is 112 Å². The molecular weight excluding hydrogens is 1040 g/mol. The van der Waals surface area contributed by atoms with E-state index >= 15 is 0 Å². The highest BCUT2D eigenvalue weighted by molar-refractivity contribution is 7.89. The number of ether oxygens (including phenoxy) is 4. The Morgan fingerprint density at radius 2 is 1.42 bits per heavy atom. The lowest BCUT2D eigenvalue weighted by atomic mass is 9.79. The van der Waals surface area contributed by atoms with Gasteiger partial charge in [0, 0.05) is 60.2 Å². The molecule has 430 valence electrons. The van der Waals surface area contributed by atoms with Crippen LogP contribution in [0, 0.1) is 5.92 Å². The zero-order chi connectivity index (χ0) is 57.7. The van der Waals surface area contributed by atoms with E-state index in [9.17, 15) is 23.2 Å². The number of sulfonamides is 1. The fourth-order valence-corrected chi connectivity index (χ4v) is 13.0. The molecule has 0 saturated heterocycles. The third-order valence-corrected chi connectivity index (χ3v) is 17.2. The van der Waals surface area contributed by atoms with Gasteiger partial charge in [-0.15, -0.1) is 5.10 Å². The van der Waals surface area contributed by atoms with Crippen LogP contribution in [-0.4, -0.2) is 128 Å². The highest BCUT2D eigenvalue weighted by Gasteiger charge is 2.45. The molecule has 2 aliphatic heterocycles. The van der Waals surface area contributed by atoms with E-state index in [-0.39, 0.29) is 28.2 Å². The van der Waals surface area contributed by atoms with Crippen LogP contribution in [0.3, 0.4) is 0 Å². The minimum atomic E-state index is -4.23. The summed E-state index contributed by atoms with van der Waals surface area (Å²) in [5, 5.41) is 25.8. The quantitative estimate of drug-likeness (QED) is 0.0133. The summed E-state index contributed by atoms with van der Waals surface area (Å²) >= 11 is 0. The van der Waals surface area contributed by atoms with Gasteiger partial charge in [-0.05, 0) is 102 Å². The van der Waals surface area contributed by atoms with Crippen molar-refractivity contribution < 1.29 is 46.7 Å². The Morgan fingerprint density at radius 1 is 0.765 bits per heavy atom. The van der Waals surface area contributed by atoms with Crippen molar-refractivity contribution in [2.45, 2.75) is 102 Å². The highest BCUT2D eigenvalue weighted by atomic mass is 32.2. The molecule has 81 heavy (non-hydrogen) atoms. The number of benzene rings is 5. The fourth-order valence-electron chi connectivity index (χ4n) is 11.3. The molecule has 0 unspecified atom stereocenters. The second kappa shape index (κ2) is 27.1. The van der Waals surface area contributed by atoms with Crippen LogP contribution in [0.1, 0.15) is 84.0 Å².